The van der Waals surface area contributed by atoms with E-state index < -0.39 is 5.97 Å². The molecule has 2 aromatic carbocycles. The summed E-state index contributed by atoms with van der Waals surface area (Å²) in [5, 5.41) is 5.47. The van der Waals surface area contributed by atoms with Gasteiger partial charge in [0.05, 0.1) is 18.4 Å². The number of amides is 2. The van der Waals surface area contributed by atoms with Crippen LogP contribution < -0.4 is 15.4 Å². The number of benzene rings is 2. The number of anilines is 1. The van der Waals surface area contributed by atoms with Crippen LogP contribution in [0, 0.1) is 0 Å². The van der Waals surface area contributed by atoms with Crippen molar-refractivity contribution in [3.8, 4) is 5.75 Å². The predicted octanol–water partition coefficient (Wildman–Crippen LogP) is 1.73. The van der Waals surface area contributed by atoms with E-state index in [0.29, 0.717) is 29.1 Å². The highest BCUT2D eigenvalue weighted by atomic mass is 16.5. The van der Waals surface area contributed by atoms with E-state index in [0.717, 1.165) is 5.56 Å². The van der Waals surface area contributed by atoms with Gasteiger partial charge in [-0.1, -0.05) is 12.1 Å². The topological polar surface area (TPSA) is 93.7 Å². The molecule has 0 aromatic heterocycles. The van der Waals surface area contributed by atoms with E-state index in [4.69, 9.17) is 4.74 Å². The molecule has 0 radical (unpaired) electrons. The van der Waals surface area contributed by atoms with E-state index in [1.165, 1.54) is 7.11 Å². The summed E-state index contributed by atoms with van der Waals surface area (Å²) in [6.07, 6.45) is 0. The fraction of sp³-hybridized carbons (Fsp3) is 0.167. The molecule has 2 amide bonds. The quantitative estimate of drug-likeness (QED) is 0.827. The fourth-order valence-corrected chi connectivity index (χ4v) is 2.38. The highest BCUT2D eigenvalue weighted by Crippen LogP contribution is 2.28. The molecule has 0 saturated heterocycles. The Morgan fingerprint density at radius 2 is 1.88 bits per heavy atom. The molecule has 0 bridgehead atoms. The van der Waals surface area contributed by atoms with Crippen molar-refractivity contribution in [1.29, 1.82) is 0 Å². The van der Waals surface area contributed by atoms with E-state index in [1.54, 1.807) is 42.5 Å². The Morgan fingerprint density at radius 1 is 1.16 bits per heavy atom. The average molecular weight is 340 g/mol. The number of esters is 1. The number of methoxy groups -OCH3 is 1. The monoisotopic (exact) mass is 340 g/mol. The minimum atomic E-state index is -0.406. The summed E-state index contributed by atoms with van der Waals surface area (Å²) in [6.45, 7) is 0.250. The second kappa shape index (κ2) is 7.04. The number of nitrogens with one attached hydrogen (secondary N) is 2. The molecule has 7 heteroatoms. The highest BCUT2D eigenvalue weighted by molar-refractivity contribution is 5.99. The maximum atomic E-state index is 12.3. The smallest absolute Gasteiger partial charge is 0.337 e. The van der Waals surface area contributed by atoms with Crippen LogP contribution in [0.15, 0.2) is 42.5 Å². The lowest BCUT2D eigenvalue weighted by atomic mass is 10.1. The average Bonchev–Trinajstić information content (AvgIpc) is 2.65. The summed E-state index contributed by atoms with van der Waals surface area (Å²) < 4.78 is 9.94. The Balaban J connectivity index is 1.63. The van der Waals surface area contributed by atoms with E-state index in [2.05, 4.69) is 15.4 Å². The summed E-state index contributed by atoms with van der Waals surface area (Å²) in [5.41, 5.74) is 2.28. The number of ether oxygens (including phenoxy) is 2. The lowest BCUT2D eigenvalue weighted by molar-refractivity contribution is -0.118. The Bertz CT molecular complexity index is 830. The van der Waals surface area contributed by atoms with Gasteiger partial charge in [-0.3, -0.25) is 9.59 Å². The molecular formula is C18H16N2O5. The van der Waals surface area contributed by atoms with Crippen LogP contribution >= 0.6 is 0 Å². The maximum Gasteiger partial charge on any atom is 0.337 e. The van der Waals surface area contributed by atoms with Gasteiger partial charge in [-0.2, -0.15) is 0 Å². The zero-order valence-electron chi connectivity index (χ0n) is 13.5. The Morgan fingerprint density at radius 3 is 2.60 bits per heavy atom. The van der Waals surface area contributed by atoms with Crippen molar-refractivity contribution in [3.05, 3.63) is 59.2 Å². The SMILES string of the molecule is COC(=O)c1ccc(CNC(=O)c2ccc3c(c2)OCC(=O)N3)cc1. The molecule has 2 aromatic rings. The van der Waals surface area contributed by atoms with Crippen molar-refractivity contribution in [2.75, 3.05) is 19.0 Å². The third-order valence-electron chi connectivity index (χ3n) is 3.70. The minimum absolute atomic E-state index is 0.0649. The van der Waals surface area contributed by atoms with E-state index in [-0.39, 0.29) is 18.4 Å². The number of carbonyl (C=O) groups is 3. The van der Waals surface area contributed by atoms with Crippen molar-refractivity contribution in [1.82, 2.24) is 5.32 Å². The van der Waals surface area contributed by atoms with Crippen LogP contribution in [-0.4, -0.2) is 31.5 Å². The normalized spacial score (nSPS) is 12.4. The molecule has 25 heavy (non-hydrogen) atoms. The van der Waals surface area contributed by atoms with Crippen LogP contribution in [-0.2, 0) is 16.1 Å². The van der Waals surface area contributed by atoms with Crippen LogP contribution in [0.3, 0.4) is 0 Å². The van der Waals surface area contributed by atoms with Crippen molar-refractivity contribution >= 4 is 23.5 Å². The summed E-state index contributed by atoms with van der Waals surface area (Å²) in [6, 6.07) is 11.6. The van der Waals surface area contributed by atoms with Crippen molar-refractivity contribution < 1.29 is 23.9 Å². The summed E-state index contributed by atoms with van der Waals surface area (Å²) in [5.74, 6) is -0.424. The highest BCUT2D eigenvalue weighted by Gasteiger charge is 2.17. The molecule has 1 heterocycles. The van der Waals surface area contributed by atoms with Crippen LogP contribution in [0.1, 0.15) is 26.3 Å². The first kappa shape index (κ1) is 16.5. The van der Waals surface area contributed by atoms with E-state index in [1.807, 2.05) is 0 Å². The summed E-state index contributed by atoms with van der Waals surface area (Å²) >= 11 is 0. The van der Waals surface area contributed by atoms with E-state index in [9.17, 15) is 14.4 Å². The minimum Gasteiger partial charge on any atom is -0.482 e. The van der Waals surface area contributed by atoms with Gasteiger partial charge in [-0.05, 0) is 35.9 Å². The number of hydrogen-bond donors (Lipinski definition) is 2. The molecule has 0 atom stereocenters. The van der Waals surface area contributed by atoms with Gasteiger partial charge in [-0.15, -0.1) is 0 Å². The Kier molecular flexibility index (Phi) is 4.65. The Labute approximate surface area is 143 Å². The van der Waals surface area contributed by atoms with Gasteiger partial charge in [0.15, 0.2) is 6.61 Å². The van der Waals surface area contributed by atoms with Gasteiger partial charge in [0.25, 0.3) is 11.8 Å². The second-order valence-electron chi connectivity index (χ2n) is 5.42. The van der Waals surface area contributed by atoms with Gasteiger partial charge < -0.3 is 20.1 Å². The fourth-order valence-electron chi connectivity index (χ4n) is 2.38. The second-order valence-corrected chi connectivity index (χ2v) is 5.42. The van der Waals surface area contributed by atoms with Crippen molar-refractivity contribution in [2.24, 2.45) is 0 Å². The number of hydrogen-bond acceptors (Lipinski definition) is 5. The first-order valence-corrected chi connectivity index (χ1v) is 7.59. The largest absolute Gasteiger partial charge is 0.482 e. The van der Waals surface area contributed by atoms with Crippen molar-refractivity contribution in [3.63, 3.8) is 0 Å². The lowest BCUT2D eigenvalue weighted by Crippen LogP contribution is -2.26. The first-order valence-electron chi connectivity index (χ1n) is 7.59. The number of carbonyl (C=O) groups excluding carboxylic acids is 3. The molecule has 0 saturated carbocycles. The molecule has 128 valence electrons. The molecule has 0 fully saturated rings. The lowest BCUT2D eigenvalue weighted by Gasteiger charge is -2.18. The third kappa shape index (κ3) is 3.77. The van der Waals surface area contributed by atoms with Crippen LogP contribution in [0.2, 0.25) is 0 Å². The number of fused-ring (bicyclic) bond motifs is 1. The van der Waals surface area contributed by atoms with Crippen LogP contribution in [0.5, 0.6) is 5.75 Å². The third-order valence-corrected chi connectivity index (χ3v) is 3.70. The molecule has 1 aliphatic heterocycles. The van der Waals surface area contributed by atoms with E-state index >= 15 is 0 Å². The van der Waals surface area contributed by atoms with Gasteiger partial charge >= 0.3 is 5.97 Å². The molecule has 0 spiro atoms. The number of rotatable bonds is 4. The maximum absolute atomic E-state index is 12.3. The molecule has 7 nitrogen and oxygen atoms in total. The van der Waals surface area contributed by atoms with Crippen molar-refractivity contribution in [2.45, 2.75) is 6.54 Å². The van der Waals surface area contributed by atoms with Gasteiger partial charge in [-0.25, -0.2) is 4.79 Å². The first-order chi connectivity index (χ1) is 12.1. The molecule has 0 unspecified atom stereocenters. The molecule has 2 N–H and O–H groups in total. The van der Waals surface area contributed by atoms with Gasteiger partial charge in [0.1, 0.15) is 5.75 Å². The molecule has 0 aliphatic carbocycles. The zero-order valence-corrected chi connectivity index (χ0v) is 13.5. The molecular weight excluding hydrogens is 324 g/mol. The predicted molar refractivity (Wildman–Crippen MR) is 89.5 cm³/mol. The summed E-state index contributed by atoms with van der Waals surface area (Å²) in [4.78, 5) is 34.9. The van der Waals surface area contributed by atoms with Crippen LogP contribution in [0.4, 0.5) is 5.69 Å². The van der Waals surface area contributed by atoms with Gasteiger partial charge in [0, 0.05) is 12.1 Å². The standard InChI is InChI=1S/C18H16N2O5/c1-24-18(23)12-4-2-11(3-5-12)9-19-17(22)13-6-7-14-15(8-13)25-10-16(21)20-14/h2-8H,9-10H2,1H3,(H,19,22)(H,20,21). The molecule has 3 rings (SSSR count). The Hall–Kier alpha value is -3.35. The zero-order chi connectivity index (χ0) is 17.8. The summed E-state index contributed by atoms with van der Waals surface area (Å²) in [7, 11) is 1.32. The van der Waals surface area contributed by atoms with Gasteiger partial charge in [0.2, 0.25) is 0 Å². The van der Waals surface area contributed by atoms with Crippen LogP contribution in [0.25, 0.3) is 0 Å². The molecule has 1 aliphatic rings.